The predicted molar refractivity (Wildman–Crippen MR) is 46.5 cm³/mol. The Hall–Kier alpha value is -0.990. The van der Waals surface area contributed by atoms with Crippen LogP contribution in [0, 0.1) is 0 Å². The number of hydrogen-bond donors (Lipinski definition) is 1. The molecule has 3 heteroatoms. The number of nitrogens with one attached hydrogen (secondary N) is 1. The number of esters is 1. The van der Waals surface area contributed by atoms with Gasteiger partial charge in [0.1, 0.15) is 6.04 Å². The van der Waals surface area contributed by atoms with Crippen LogP contribution in [0.25, 0.3) is 0 Å². The van der Waals surface area contributed by atoms with Gasteiger partial charge in [0.05, 0.1) is 6.10 Å². The summed E-state index contributed by atoms with van der Waals surface area (Å²) in [6, 6.07) is -0.167. The van der Waals surface area contributed by atoms with Crippen molar-refractivity contribution in [2.24, 2.45) is 0 Å². The minimum Gasteiger partial charge on any atom is -0.461 e. The van der Waals surface area contributed by atoms with E-state index in [-0.39, 0.29) is 18.1 Å². The summed E-state index contributed by atoms with van der Waals surface area (Å²) in [6.07, 6.45) is 1.65. The zero-order valence-corrected chi connectivity index (χ0v) is 7.59. The number of carbonyl (C=O) groups is 1. The summed E-state index contributed by atoms with van der Waals surface area (Å²) < 4.78 is 5.04. The molecule has 68 valence electrons. The molecule has 1 aliphatic heterocycles. The van der Waals surface area contributed by atoms with Crippen LogP contribution in [0.2, 0.25) is 0 Å². The Labute approximate surface area is 72.8 Å². The van der Waals surface area contributed by atoms with Gasteiger partial charge in [0.15, 0.2) is 0 Å². The van der Waals surface area contributed by atoms with Crippen LogP contribution in [-0.2, 0) is 9.53 Å². The quantitative estimate of drug-likeness (QED) is 0.631. The molecule has 0 aromatic heterocycles. The molecule has 3 nitrogen and oxygen atoms in total. The number of hydrogen-bond acceptors (Lipinski definition) is 3. The van der Waals surface area contributed by atoms with Gasteiger partial charge in [0.2, 0.25) is 0 Å². The second-order valence-electron chi connectivity index (χ2n) is 3.32. The molecular weight excluding hydrogens is 154 g/mol. The van der Waals surface area contributed by atoms with Crippen molar-refractivity contribution < 1.29 is 9.53 Å². The van der Waals surface area contributed by atoms with Gasteiger partial charge in [0.25, 0.3) is 0 Å². The molecule has 0 aromatic rings. The van der Waals surface area contributed by atoms with E-state index in [4.69, 9.17) is 4.74 Å². The second kappa shape index (κ2) is 3.61. The summed E-state index contributed by atoms with van der Waals surface area (Å²) in [4.78, 5) is 11.3. The fourth-order valence-corrected chi connectivity index (χ4v) is 1.20. The molecule has 0 radical (unpaired) electrons. The van der Waals surface area contributed by atoms with Gasteiger partial charge in [0, 0.05) is 5.70 Å². The molecule has 1 aliphatic rings. The molecule has 12 heavy (non-hydrogen) atoms. The van der Waals surface area contributed by atoms with Crippen LogP contribution in [0.15, 0.2) is 12.3 Å². The summed E-state index contributed by atoms with van der Waals surface area (Å²) in [5.74, 6) is -0.163. The molecule has 0 unspecified atom stereocenters. The molecule has 0 saturated carbocycles. The van der Waals surface area contributed by atoms with Gasteiger partial charge >= 0.3 is 5.97 Å². The third kappa shape index (κ3) is 2.26. The van der Waals surface area contributed by atoms with Gasteiger partial charge in [-0.15, -0.1) is 0 Å². The third-order valence-electron chi connectivity index (χ3n) is 1.75. The van der Waals surface area contributed by atoms with E-state index in [1.54, 1.807) is 0 Å². The summed E-state index contributed by atoms with van der Waals surface area (Å²) in [7, 11) is 0. The highest BCUT2D eigenvalue weighted by molar-refractivity contribution is 5.76. The highest BCUT2D eigenvalue weighted by Gasteiger charge is 2.25. The maximum Gasteiger partial charge on any atom is 0.328 e. The fraction of sp³-hybridized carbons (Fsp3) is 0.667. The zero-order valence-electron chi connectivity index (χ0n) is 7.59. The molecule has 0 aromatic carbocycles. The minimum absolute atomic E-state index is 0.0341. The number of ether oxygens (including phenoxy) is 1. The predicted octanol–water partition coefficient (Wildman–Crippen LogP) is 1.20. The number of allylic oxidation sites excluding steroid dienone is 1. The molecule has 0 bridgehead atoms. The first kappa shape index (κ1) is 9.10. The Balaban J connectivity index is 2.38. The Kier molecular flexibility index (Phi) is 2.74. The minimum atomic E-state index is -0.167. The first-order valence-corrected chi connectivity index (χ1v) is 4.24. The zero-order chi connectivity index (χ0) is 9.14. The van der Waals surface area contributed by atoms with E-state index >= 15 is 0 Å². The highest BCUT2D eigenvalue weighted by Crippen LogP contribution is 2.14. The van der Waals surface area contributed by atoms with Crippen LogP contribution in [-0.4, -0.2) is 18.1 Å². The molecule has 1 rings (SSSR count). The lowest BCUT2D eigenvalue weighted by Crippen LogP contribution is -2.33. The first-order valence-electron chi connectivity index (χ1n) is 4.24. The summed E-state index contributed by atoms with van der Waals surface area (Å²) in [6.45, 7) is 7.44. The van der Waals surface area contributed by atoms with Crippen LogP contribution in [0.4, 0.5) is 0 Å². The highest BCUT2D eigenvalue weighted by atomic mass is 16.5. The van der Waals surface area contributed by atoms with Crippen LogP contribution in [0.5, 0.6) is 0 Å². The van der Waals surface area contributed by atoms with Crippen molar-refractivity contribution in [3.8, 4) is 0 Å². The molecule has 1 N–H and O–H groups in total. The van der Waals surface area contributed by atoms with Crippen LogP contribution < -0.4 is 5.32 Å². The van der Waals surface area contributed by atoms with Crippen LogP contribution in [0.3, 0.4) is 0 Å². The van der Waals surface area contributed by atoms with Gasteiger partial charge < -0.3 is 10.1 Å². The molecular formula is C9H15NO2. The smallest absolute Gasteiger partial charge is 0.328 e. The van der Waals surface area contributed by atoms with E-state index in [0.717, 1.165) is 18.5 Å². The van der Waals surface area contributed by atoms with Crippen molar-refractivity contribution in [3.05, 3.63) is 12.3 Å². The standard InChI is InChI=1S/C9H15NO2/c1-6(2)12-9(11)8-5-4-7(3)10-8/h6,8,10H,3-5H2,1-2H3/t8-/m0/s1. The normalized spacial score (nSPS) is 22.6. The van der Waals surface area contributed by atoms with E-state index in [2.05, 4.69) is 11.9 Å². The van der Waals surface area contributed by atoms with E-state index in [0.29, 0.717) is 0 Å². The average Bonchev–Trinajstić information content (AvgIpc) is 2.34. The average molecular weight is 169 g/mol. The lowest BCUT2D eigenvalue weighted by molar-refractivity contribution is -0.149. The van der Waals surface area contributed by atoms with Gasteiger partial charge in [-0.2, -0.15) is 0 Å². The van der Waals surface area contributed by atoms with Gasteiger partial charge in [-0.3, -0.25) is 0 Å². The Bertz CT molecular complexity index is 199. The summed E-state index contributed by atoms with van der Waals surface area (Å²) in [5.41, 5.74) is 0.931. The Morgan fingerprint density at radius 1 is 1.75 bits per heavy atom. The maximum atomic E-state index is 11.3. The Morgan fingerprint density at radius 2 is 2.42 bits per heavy atom. The maximum absolute atomic E-state index is 11.3. The number of carbonyl (C=O) groups excluding carboxylic acids is 1. The fourth-order valence-electron chi connectivity index (χ4n) is 1.20. The molecule has 0 spiro atoms. The second-order valence-corrected chi connectivity index (χ2v) is 3.32. The number of rotatable bonds is 2. The van der Waals surface area contributed by atoms with Crippen molar-refractivity contribution in [3.63, 3.8) is 0 Å². The van der Waals surface area contributed by atoms with E-state index in [9.17, 15) is 4.79 Å². The molecule has 1 atom stereocenters. The monoisotopic (exact) mass is 169 g/mol. The Morgan fingerprint density at radius 3 is 2.83 bits per heavy atom. The summed E-state index contributed by atoms with van der Waals surface area (Å²) in [5, 5.41) is 2.99. The van der Waals surface area contributed by atoms with E-state index in [1.165, 1.54) is 0 Å². The summed E-state index contributed by atoms with van der Waals surface area (Å²) >= 11 is 0. The molecule has 0 amide bonds. The van der Waals surface area contributed by atoms with Crippen LogP contribution >= 0.6 is 0 Å². The topological polar surface area (TPSA) is 38.3 Å². The van der Waals surface area contributed by atoms with Crippen molar-refractivity contribution >= 4 is 5.97 Å². The molecule has 1 fully saturated rings. The van der Waals surface area contributed by atoms with E-state index in [1.807, 2.05) is 13.8 Å². The molecule has 1 saturated heterocycles. The van der Waals surface area contributed by atoms with E-state index < -0.39 is 0 Å². The van der Waals surface area contributed by atoms with Gasteiger partial charge in [-0.05, 0) is 26.7 Å². The van der Waals surface area contributed by atoms with Crippen LogP contribution in [0.1, 0.15) is 26.7 Å². The van der Waals surface area contributed by atoms with Gasteiger partial charge in [-0.1, -0.05) is 6.58 Å². The lowest BCUT2D eigenvalue weighted by atomic mass is 10.2. The molecule has 0 aliphatic carbocycles. The SMILES string of the molecule is C=C1CC[C@@H](C(=O)OC(C)C)N1. The van der Waals surface area contributed by atoms with Crippen molar-refractivity contribution in [2.75, 3.05) is 0 Å². The third-order valence-corrected chi connectivity index (χ3v) is 1.75. The van der Waals surface area contributed by atoms with Gasteiger partial charge in [-0.25, -0.2) is 4.79 Å². The van der Waals surface area contributed by atoms with Crippen molar-refractivity contribution in [2.45, 2.75) is 38.8 Å². The van der Waals surface area contributed by atoms with Crippen molar-refractivity contribution in [1.82, 2.24) is 5.32 Å². The lowest BCUT2D eigenvalue weighted by Gasteiger charge is -2.12. The first-order chi connectivity index (χ1) is 5.59. The largest absolute Gasteiger partial charge is 0.461 e. The van der Waals surface area contributed by atoms with Crippen molar-refractivity contribution in [1.29, 1.82) is 0 Å². The molecule has 1 heterocycles.